The van der Waals surface area contributed by atoms with Gasteiger partial charge < -0.3 is 15.2 Å². The van der Waals surface area contributed by atoms with Crippen LogP contribution in [0.4, 0.5) is 0 Å². The summed E-state index contributed by atoms with van der Waals surface area (Å²) >= 11 is 0. The summed E-state index contributed by atoms with van der Waals surface area (Å²) in [5, 5.41) is 6.18. The predicted octanol–water partition coefficient (Wildman–Crippen LogP) is 2.69. The molecule has 1 aromatic heterocycles. The molecule has 2 aromatic rings. The molecule has 0 bridgehead atoms. The van der Waals surface area contributed by atoms with Gasteiger partial charge in [-0.15, -0.1) is 24.8 Å². The van der Waals surface area contributed by atoms with E-state index in [2.05, 4.69) is 26.3 Å². The molecule has 0 unspecified atom stereocenters. The Morgan fingerprint density at radius 3 is 2.79 bits per heavy atom. The number of imidazole rings is 1. The number of para-hydroxylation sites is 2. The summed E-state index contributed by atoms with van der Waals surface area (Å²) in [6, 6.07) is 8.17. The van der Waals surface area contributed by atoms with Gasteiger partial charge in [0.2, 0.25) is 5.91 Å². The van der Waals surface area contributed by atoms with Gasteiger partial charge in [0, 0.05) is 13.1 Å². The van der Waals surface area contributed by atoms with Crippen LogP contribution in [0.25, 0.3) is 11.0 Å². The first kappa shape index (κ1) is 20.7. The molecule has 5 nitrogen and oxygen atoms in total. The number of aromatic nitrogens is 2. The molecule has 1 aliphatic rings. The lowest BCUT2D eigenvalue weighted by molar-refractivity contribution is -0.120. The van der Waals surface area contributed by atoms with Crippen molar-refractivity contribution in [3.63, 3.8) is 0 Å². The van der Waals surface area contributed by atoms with Crippen LogP contribution in [0.15, 0.2) is 24.3 Å². The van der Waals surface area contributed by atoms with Crippen LogP contribution in [-0.2, 0) is 11.3 Å². The fourth-order valence-corrected chi connectivity index (χ4v) is 2.72. The van der Waals surface area contributed by atoms with Crippen molar-refractivity contribution in [3.8, 4) is 0 Å². The molecule has 3 rings (SSSR count). The fraction of sp³-hybridized carbons (Fsp3) is 0.529. The van der Waals surface area contributed by atoms with Crippen LogP contribution in [0.2, 0.25) is 0 Å². The molecular formula is C17H26Cl2N4O. The maximum atomic E-state index is 11.7. The van der Waals surface area contributed by atoms with Crippen LogP contribution >= 0.6 is 24.8 Å². The Balaban J connectivity index is 0.00000144. The van der Waals surface area contributed by atoms with E-state index in [4.69, 9.17) is 0 Å². The lowest BCUT2D eigenvalue weighted by Gasteiger charge is -2.09. The topological polar surface area (TPSA) is 59.0 Å². The van der Waals surface area contributed by atoms with E-state index in [9.17, 15) is 4.79 Å². The summed E-state index contributed by atoms with van der Waals surface area (Å²) in [6.07, 6.45) is 3.54. The largest absolute Gasteiger partial charge is 0.355 e. The number of halogens is 2. The second-order valence-electron chi connectivity index (χ2n) is 6.08. The Morgan fingerprint density at radius 1 is 1.29 bits per heavy atom. The smallest absolute Gasteiger partial charge is 0.233 e. The van der Waals surface area contributed by atoms with Crippen molar-refractivity contribution in [2.24, 2.45) is 5.92 Å². The molecule has 1 fully saturated rings. The lowest BCUT2D eigenvalue weighted by Crippen LogP contribution is -2.35. The minimum absolute atomic E-state index is 0. The molecule has 7 heteroatoms. The molecule has 0 spiro atoms. The summed E-state index contributed by atoms with van der Waals surface area (Å²) in [6.45, 7) is 5.02. The Morgan fingerprint density at radius 2 is 2.04 bits per heavy atom. The van der Waals surface area contributed by atoms with Gasteiger partial charge in [-0.05, 0) is 50.8 Å². The summed E-state index contributed by atoms with van der Waals surface area (Å²) in [4.78, 5) is 16.2. The van der Waals surface area contributed by atoms with Crippen molar-refractivity contribution < 1.29 is 4.79 Å². The molecule has 134 valence electrons. The van der Waals surface area contributed by atoms with Crippen LogP contribution < -0.4 is 10.6 Å². The van der Waals surface area contributed by atoms with Gasteiger partial charge in [0.15, 0.2) is 0 Å². The minimum Gasteiger partial charge on any atom is -0.355 e. The van der Waals surface area contributed by atoms with E-state index in [0.717, 1.165) is 42.3 Å². The molecule has 1 aliphatic carbocycles. The number of amides is 1. The first-order valence-corrected chi connectivity index (χ1v) is 8.13. The monoisotopic (exact) mass is 372 g/mol. The lowest BCUT2D eigenvalue weighted by atomic mass is 10.3. The van der Waals surface area contributed by atoms with Gasteiger partial charge in [-0.3, -0.25) is 4.79 Å². The predicted molar refractivity (Wildman–Crippen MR) is 102 cm³/mol. The quantitative estimate of drug-likeness (QED) is 0.700. The van der Waals surface area contributed by atoms with Gasteiger partial charge in [-0.1, -0.05) is 12.1 Å². The molecule has 1 aromatic carbocycles. The van der Waals surface area contributed by atoms with Gasteiger partial charge in [-0.25, -0.2) is 4.98 Å². The van der Waals surface area contributed by atoms with Crippen LogP contribution in [-0.4, -0.2) is 35.1 Å². The van der Waals surface area contributed by atoms with Crippen molar-refractivity contribution >= 4 is 41.8 Å². The summed E-state index contributed by atoms with van der Waals surface area (Å²) < 4.78 is 2.22. The first-order chi connectivity index (χ1) is 10.7. The molecule has 1 amide bonds. The first-order valence-electron chi connectivity index (χ1n) is 8.13. The van der Waals surface area contributed by atoms with E-state index >= 15 is 0 Å². The van der Waals surface area contributed by atoms with E-state index in [1.165, 1.54) is 12.8 Å². The molecular weight excluding hydrogens is 347 g/mol. The Kier molecular flexibility index (Phi) is 8.53. The Labute approximate surface area is 155 Å². The van der Waals surface area contributed by atoms with E-state index < -0.39 is 0 Å². The summed E-state index contributed by atoms with van der Waals surface area (Å²) in [7, 11) is 0. The number of carbonyl (C=O) groups is 1. The van der Waals surface area contributed by atoms with Crippen molar-refractivity contribution in [1.82, 2.24) is 20.2 Å². The third kappa shape index (κ3) is 5.65. The van der Waals surface area contributed by atoms with Gasteiger partial charge >= 0.3 is 0 Å². The zero-order valence-electron chi connectivity index (χ0n) is 14.0. The van der Waals surface area contributed by atoms with E-state index in [1.54, 1.807) is 0 Å². The number of aryl methyl sites for hydroxylation is 2. The molecule has 2 N–H and O–H groups in total. The van der Waals surface area contributed by atoms with E-state index in [0.29, 0.717) is 13.1 Å². The number of hydrogen-bond acceptors (Lipinski definition) is 3. The van der Waals surface area contributed by atoms with Crippen LogP contribution in [0.3, 0.4) is 0 Å². The highest BCUT2D eigenvalue weighted by molar-refractivity contribution is 5.85. The number of rotatable bonds is 8. The molecule has 0 saturated heterocycles. The number of nitrogens with one attached hydrogen (secondary N) is 2. The summed E-state index contributed by atoms with van der Waals surface area (Å²) in [5.74, 6) is 1.93. The Hall–Kier alpha value is -1.30. The normalized spacial score (nSPS) is 13.2. The third-order valence-corrected chi connectivity index (χ3v) is 4.14. The van der Waals surface area contributed by atoms with Crippen LogP contribution in [0.5, 0.6) is 0 Å². The van der Waals surface area contributed by atoms with E-state index in [1.807, 2.05) is 25.1 Å². The zero-order chi connectivity index (χ0) is 15.4. The highest BCUT2D eigenvalue weighted by Gasteiger charge is 2.20. The third-order valence-electron chi connectivity index (χ3n) is 4.14. The van der Waals surface area contributed by atoms with E-state index in [-0.39, 0.29) is 30.7 Å². The molecule has 1 saturated carbocycles. The standard InChI is InChI=1S/C17H24N4O.2ClH/c1-13-20-15-5-2-3-6-16(15)21(13)10-4-9-19-17(22)12-18-11-14-7-8-14;;/h2-3,5-6,14,18H,4,7-12H2,1H3,(H,19,22);2*1H. The van der Waals surface area contributed by atoms with Gasteiger partial charge in [0.05, 0.1) is 17.6 Å². The van der Waals surface area contributed by atoms with Gasteiger partial charge in [0.1, 0.15) is 5.82 Å². The maximum Gasteiger partial charge on any atom is 0.233 e. The number of benzene rings is 1. The molecule has 24 heavy (non-hydrogen) atoms. The SMILES string of the molecule is Cc1nc2ccccc2n1CCCNC(=O)CNCC1CC1.Cl.Cl. The number of carbonyl (C=O) groups excluding carboxylic acids is 1. The van der Waals surface area contributed by atoms with Crippen molar-refractivity contribution in [3.05, 3.63) is 30.1 Å². The maximum absolute atomic E-state index is 11.7. The average molecular weight is 373 g/mol. The van der Waals surface area contributed by atoms with Gasteiger partial charge in [0.25, 0.3) is 0 Å². The highest BCUT2D eigenvalue weighted by atomic mass is 35.5. The molecule has 0 aliphatic heterocycles. The fourth-order valence-electron chi connectivity index (χ4n) is 2.72. The number of fused-ring (bicyclic) bond motifs is 1. The number of hydrogen-bond donors (Lipinski definition) is 2. The minimum atomic E-state index is 0. The second-order valence-corrected chi connectivity index (χ2v) is 6.08. The average Bonchev–Trinajstić information content (AvgIpc) is 3.27. The zero-order valence-corrected chi connectivity index (χ0v) is 15.6. The molecule has 0 radical (unpaired) electrons. The van der Waals surface area contributed by atoms with Crippen molar-refractivity contribution in [2.75, 3.05) is 19.6 Å². The van der Waals surface area contributed by atoms with Gasteiger partial charge in [-0.2, -0.15) is 0 Å². The van der Waals surface area contributed by atoms with Crippen molar-refractivity contribution in [1.29, 1.82) is 0 Å². The molecule has 0 atom stereocenters. The molecule has 1 heterocycles. The van der Waals surface area contributed by atoms with Crippen LogP contribution in [0.1, 0.15) is 25.1 Å². The van der Waals surface area contributed by atoms with Crippen LogP contribution in [0, 0.1) is 12.8 Å². The van der Waals surface area contributed by atoms with Crippen molar-refractivity contribution in [2.45, 2.75) is 32.7 Å². The summed E-state index contributed by atoms with van der Waals surface area (Å²) in [5.41, 5.74) is 2.20. The highest BCUT2D eigenvalue weighted by Crippen LogP contribution is 2.27. The second kappa shape index (κ2) is 9.87. The number of nitrogens with zero attached hydrogens (tertiary/aromatic N) is 2. The Bertz CT molecular complexity index is 655.